The van der Waals surface area contributed by atoms with Crippen molar-refractivity contribution in [3.05, 3.63) is 54.1 Å². The number of thioether (sulfide) groups is 1. The largest absolute Gasteiger partial charge is 0.446 e. The number of alkyl halides is 3. The van der Waals surface area contributed by atoms with E-state index < -0.39 is 17.4 Å². The van der Waals surface area contributed by atoms with Gasteiger partial charge in [-0.25, -0.2) is 4.98 Å². The molecule has 21 heavy (non-hydrogen) atoms. The summed E-state index contributed by atoms with van der Waals surface area (Å²) in [5.74, 6) is -1.37. The number of halogens is 4. The monoisotopic (exact) mass is 316 g/mol. The topological polar surface area (TPSA) is 42.0 Å². The van der Waals surface area contributed by atoms with Crippen molar-refractivity contribution in [2.24, 2.45) is 0 Å². The Hall–Kier alpha value is -2.09. The molecule has 1 N–H and O–H groups in total. The van der Waals surface area contributed by atoms with Gasteiger partial charge in [-0.05, 0) is 42.1 Å². The molecule has 1 aromatic heterocycles. The van der Waals surface area contributed by atoms with E-state index in [1.165, 1.54) is 30.3 Å². The highest BCUT2D eigenvalue weighted by Gasteiger charge is 2.29. The second-order valence-electron chi connectivity index (χ2n) is 3.89. The van der Waals surface area contributed by atoms with Crippen molar-refractivity contribution in [2.45, 2.75) is 10.4 Å². The number of nitrogens with one attached hydrogen (secondary N) is 1. The maximum atomic E-state index is 12.9. The van der Waals surface area contributed by atoms with Crippen molar-refractivity contribution in [1.29, 1.82) is 0 Å². The van der Waals surface area contributed by atoms with Gasteiger partial charge in [0.05, 0.1) is 0 Å². The van der Waals surface area contributed by atoms with E-state index in [4.69, 9.17) is 0 Å². The lowest BCUT2D eigenvalue weighted by Gasteiger charge is -2.08. The van der Waals surface area contributed by atoms with Gasteiger partial charge < -0.3 is 5.32 Å². The van der Waals surface area contributed by atoms with Crippen molar-refractivity contribution in [3.63, 3.8) is 0 Å². The number of pyridine rings is 1. The van der Waals surface area contributed by atoms with Gasteiger partial charge in [-0.3, -0.25) is 4.79 Å². The molecule has 110 valence electrons. The maximum Gasteiger partial charge on any atom is 0.446 e. The Kier molecular flexibility index (Phi) is 4.46. The molecule has 0 spiro atoms. The molecule has 0 saturated carbocycles. The number of aromatic nitrogens is 1. The molecule has 8 heteroatoms. The van der Waals surface area contributed by atoms with Gasteiger partial charge in [-0.1, -0.05) is 0 Å². The summed E-state index contributed by atoms with van der Waals surface area (Å²) in [6, 6.07) is 7.43. The molecule has 0 aliphatic carbocycles. The first kappa shape index (κ1) is 15.3. The lowest BCUT2D eigenvalue weighted by molar-refractivity contribution is -0.0328. The van der Waals surface area contributed by atoms with Crippen LogP contribution in [0.1, 0.15) is 10.4 Å². The molecular weight excluding hydrogens is 308 g/mol. The number of nitrogens with zero attached hydrogens (tertiary/aromatic N) is 1. The van der Waals surface area contributed by atoms with Crippen molar-refractivity contribution >= 4 is 23.4 Å². The number of benzene rings is 1. The molecule has 3 nitrogen and oxygen atoms in total. The number of anilines is 1. The first-order valence-electron chi connectivity index (χ1n) is 5.62. The maximum absolute atomic E-state index is 12.9. The second kappa shape index (κ2) is 6.13. The van der Waals surface area contributed by atoms with Crippen LogP contribution in [0.4, 0.5) is 23.2 Å². The number of rotatable bonds is 3. The lowest BCUT2D eigenvalue weighted by Crippen LogP contribution is -2.12. The van der Waals surface area contributed by atoms with Crippen LogP contribution in [0.25, 0.3) is 0 Å². The molecule has 0 saturated heterocycles. The third-order valence-corrected chi connectivity index (χ3v) is 3.07. The first-order chi connectivity index (χ1) is 9.83. The number of hydrogen-bond donors (Lipinski definition) is 1. The molecular formula is C13H8F4N2OS. The third kappa shape index (κ3) is 4.75. The molecule has 2 rings (SSSR count). The molecule has 0 bridgehead atoms. The van der Waals surface area contributed by atoms with Gasteiger partial charge in [0.2, 0.25) is 5.95 Å². The summed E-state index contributed by atoms with van der Waals surface area (Å²) >= 11 is -0.244. The highest BCUT2D eigenvalue weighted by Crippen LogP contribution is 2.37. The van der Waals surface area contributed by atoms with E-state index in [1.807, 2.05) is 0 Å². The van der Waals surface area contributed by atoms with Crippen LogP contribution in [0.2, 0.25) is 0 Å². The zero-order valence-corrected chi connectivity index (χ0v) is 11.1. The van der Waals surface area contributed by atoms with Gasteiger partial charge in [0.1, 0.15) is 0 Å². The molecule has 1 heterocycles. The Morgan fingerprint density at radius 2 is 1.81 bits per heavy atom. The van der Waals surface area contributed by atoms with Gasteiger partial charge >= 0.3 is 5.51 Å². The molecule has 2 aromatic rings. The van der Waals surface area contributed by atoms with Gasteiger partial charge in [0.25, 0.3) is 5.91 Å². The number of carbonyl (C=O) groups excluding carboxylic acids is 1. The summed E-state index contributed by atoms with van der Waals surface area (Å²) in [6.07, 6.45) is 1.15. The van der Waals surface area contributed by atoms with E-state index in [-0.39, 0.29) is 22.2 Å². The minimum absolute atomic E-state index is 0.00968. The van der Waals surface area contributed by atoms with E-state index in [0.717, 1.165) is 12.3 Å². The normalized spacial score (nSPS) is 11.2. The van der Waals surface area contributed by atoms with Gasteiger partial charge in [0.15, 0.2) is 0 Å². The molecule has 0 aliphatic heterocycles. The summed E-state index contributed by atoms with van der Waals surface area (Å²) in [6.45, 7) is 0. The number of carbonyl (C=O) groups is 1. The minimum Gasteiger partial charge on any atom is -0.322 e. The third-order valence-electron chi connectivity index (χ3n) is 2.33. The van der Waals surface area contributed by atoms with E-state index in [1.54, 1.807) is 0 Å². The van der Waals surface area contributed by atoms with Crippen LogP contribution in [0.3, 0.4) is 0 Å². The van der Waals surface area contributed by atoms with Crippen LogP contribution >= 0.6 is 11.8 Å². The Morgan fingerprint density at radius 3 is 2.38 bits per heavy atom. The zero-order chi connectivity index (χ0) is 15.5. The SMILES string of the molecule is O=C(Nc1ccc(SC(F)(F)F)cc1)c1ccnc(F)c1. The second-order valence-corrected chi connectivity index (χ2v) is 5.03. The standard InChI is InChI=1S/C13H8F4N2OS/c14-11-7-8(5-6-18-11)12(20)19-9-1-3-10(4-2-9)21-13(15,16)17/h1-7H,(H,19,20). The van der Waals surface area contributed by atoms with Crippen molar-refractivity contribution in [1.82, 2.24) is 4.98 Å². The highest BCUT2D eigenvalue weighted by molar-refractivity contribution is 8.00. The fraction of sp³-hybridized carbons (Fsp3) is 0.0769. The van der Waals surface area contributed by atoms with Crippen LogP contribution in [-0.4, -0.2) is 16.4 Å². The fourth-order valence-corrected chi connectivity index (χ4v) is 2.03. The van der Waals surface area contributed by atoms with Gasteiger partial charge in [0, 0.05) is 28.4 Å². The predicted molar refractivity (Wildman–Crippen MR) is 70.5 cm³/mol. The minimum atomic E-state index is -4.36. The Balaban J connectivity index is 2.05. The van der Waals surface area contributed by atoms with Crippen LogP contribution in [0.5, 0.6) is 0 Å². The number of amides is 1. The number of hydrogen-bond acceptors (Lipinski definition) is 3. The Bertz CT molecular complexity index is 643. The molecule has 0 fully saturated rings. The van der Waals surface area contributed by atoms with E-state index in [2.05, 4.69) is 10.3 Å². The van der Waals surface area contributed by atoms with Crippen LogP contribution < -0.4 is 5.32 Å². The summed E-state index contributed by atoms with van der Waals surface area (Å²) in [5.41, 5.74) is -3.99. The summed E-state index contributed by atoms with van der Waals surface area (Å²) in [4.78, 5) is 15.1. The van der Waals surface area contributed by atoms with Gasteiger partial charge in [-0.2, -0.15) is 17.6 Å². The smallest absolute Gasteiger partial charge is 0.322 e. The van der Waals surface area contributed by atoms with Gasteiger partial charge in [-0.15, -0.1) is 0 Å². The molecule has 1 aromatic carbocycles. The molecule has 0 unspecified atom stereocenters. The van der Waals surface area contributed by atoms with Crippen molar-refractivity contribution in [2.75, 3.05) is 5.32 Å². The highest BCUT2D eigenvalue weighted by atomic mass is 32.2. The van der Waals surface area contributed by atoms with Crippen LogP contribution in [-0.2, 0) is 0 Å². The zero-order valence-electron chi connectivity index (χ0n) is 10.3. The summed E-state index contributed by atoms with van der Waals surface area (Å²) in [7, 11) is 0. The molecule has 0 radical (unpaired) electrons. The molecule has 0 atom stereocenters. The van der Waals surface area contributed by atoms with Crippen LogP contribution in [0.15, 0.2) is 47.5 Å². The fourth-order valence-electron chi connectivity index (χ4n) is 1.49. The lowest BCUT2D eigenvalue weighted by atomic mass is 10.2. The summed E-state index contributed by atoms with van der Waals surface area (Å²) in [5, 5.41) is 2.45. The van der Waals surface area contributed by atoms with E-state index in [0.29, 0.717) is 5.69 Å². The van der Waals surface area contributed by atoms with Crippen LogP contribution in [0, 0.1) is 5.95 Å². The Morgan fingerprint density at radius 1 is 1.14 bits per heavy atom. The Labute approximate surface area is 121 Å². The quantitative estimate of drug-likeness (QED) is 0.527. The predicted octanol–water partition coefficient (Wildman–Crippen LogP) is 4.08. The average molecular weight is 316 g/mol. The van der Waals surface area contributed by atoms with E-state index in [9.17, 15) is 22.4 Å². The average Bonchev–Trinajstić information content (AvgIpc) is 2.39. The summed E-state index contributed by atoms with van der Waals surface area (Å²) < 4.78 is 49.4. The molecule has 1 amide bonds. The van der Waals surface area contributed by atoms with E-state index >= 15 is 0 Å². The van der Waals surface area contributed by atoms with Crippen molar-refractivity contribution < 1.29 is 22.4 Å². The molecule has 0 aliphatic rings. The van der Waals surface area contributed by atoms with Crippen molar-refractivity contribution in [3.8, 4) is 0 Å². The first-order valence-corrected chi connectivity index (χ1v) is 6.44.